The van der Waals surface area contributed by atoms with Crippen LogP contribution in [0.5, 0.6) is 0 Å². The molecule has 2 rings (SSSR count). The maximum Gasteiger partial charge on any atom is 0.353 e. The molecule has 110 valence electrons. The summed E-state index contributed by atoms with van der Waals surface area (Å²) in [5.41, 5.74) is 0.831. The fourth-order valence-electron chi connectivity index (χ4n) is 1.94. The number of halogens is 1. The fourth-order valence-corrected chi connectivity index (χ4v) is 2.06. The van der Waals surface area contributed by atoms with Gasteiger partial charge in [0.05, 0.1) is 4.92 Å². The Morgan fingerprint density at radius 1 is 1.33 bits per heavy atom. The van der Waals surface area contributed by atoms with Crippen molar-refractivity contribution >= 4 is 28.9 Å². The maximum atomic E-state index is 11.2. The van der Waals surface area contributed by atoms with Crippen molar-refractivity contribution in [2.24, 2.45) is 0 Å². The highest BCUT2D eigenvalue weighted by atomic mass is 35.5. The number of aromatic nitrogens is 2. The number of nitrogens with one attached hydrogen (secondary N) is 1. The van der Waals surface area contributed by atoms with Gasteiger partial charge in [0.15, 0.2) is 0 Å². The van der Waals surface area contributed by atoms with E-state index in [4.69, 9.17) is 11.6 Å². The van der Waals surface area contributed by atoms with Crippen LogP contribution in [-0.2, 0) is 6.54 Å². The van der Waals surface area contributed by atoms with Crippen molar-refractivity contribution in [3.8, 4) is 0 Å². The predicted molar refractivity (Wildman–Crippen MR) is 81.8 cm³/mol. The van der Waals surface area contributed by atoms with Crippen LogP contribution in [0.2, 0.25) is 5.02 Å². The van der Waals surface area contributed by atoms with Crippen LogP contribution in [0.3, 0.4) is 0 Å². The number of rotatable bonds is 5. The summed E-state index contributed by atoms with van der Waals surface area (Å²) in [5, 5.41) is 14.6. The van der Waals surface area contributed by atoms with Crippen molar-refractivity contribution in [2.45, 2.75) is 6.54 Å². The molecule has 0 atom stereocenters. The first kappa shape index (κ1) is 15.0. The molecule has 0 unspecified atom stereocenters. The van der Waals surface area contributed by atoms with Gasteiger partial charge in [-0.1, -0.05) is 23.7 Å². The van der Waals surface area contributed by atoms with E-state index in [2.05, 4.69) is 15.3 Å². The summed E-state index contributed by atoms with van der Waals surface area (Å²) in [6.45, 7) is 0.470. The summed E-state index contributed by atoms with van der Waals surface area (Å²) in [4.78, 5) is 20.4. The summed E-state index contributed by atoms with van der Waals surface area (Å²) in [5.74, 6) is 0.447. The summed E-state index contributed by atoms with van der Waals surface area (Å²) < 4.78 is 0. The number of benzene rings is 1. The molecule has 1 heterocycles. The number of hydrogen-bond donors (Lipinski definition) is 1. The van der Waals surface area contributed by atoms with Crippen molar-refractivity contribution in [2.75, 3.05) is 24.3 Å². The van der Waals surface area contributed by atoms with Crippen molar-refractivity contribution in [1.29, 1.82) is 0 Å². The van der Waals surface area contributed by atoms with Gasteiger partial charge in [0, 0.05) is 25.7 Å². The van der Waals surface area contributed by atoms with Crippen LogP contribution in [0.1, 0.15) is 5.56 Å². The van der Waals surface area contributed by atoms with Gasteiger partial charge >= 0.3 is 5.69 Å². The highest BCUT2D eigenvalue weighted by molar-refractivity contribution is 6.30. The highest BCUT2D eigenvalue weighted by Crippen LogP contribution is 2.31. The van der Waals surface area contributed by atoms with Crippen LogP contribution in [-0.4, -0.2) is 29.0 Å². The Balaban J connectivity index is 2.32. The van der Waals surface area contributed by atoms with Gasteiger partial charge in [-0.3, -0.25) is 10.1 Å². The second-order valence-electron chi connectivity index (χ2n) is 4.38. The Hall–Kier alpha value is -2.41. The average Bonchev–Trinajstić information content (AvgIpc) is 2.48. The molecule has 0 aliphatic heterocycles. The number of anilines is 2. The minimum Gasteiger partial charge on any atom is -0.367 e. The van der Waals surface area contributed by atoms with E-state index in [0.29, 0.717) is 11.6 Å². The van der Waals surface area contributed by atoms with Crippen LogP contribution in [0.25, 0.3) is 0 Å². The largest absolute Gasteiger partial charge is 0.367 e. The quantitative estimate of drug-likeness (QED) is 0.675. The lowest BCUT2D eigenvalue weighted by molar-refractivity contribution is -0.383. The zero-order valence-electron chi connectivity index (χ0n) is 11.6. The van der Waals surface area contributed by atoms with E-state index < -0.39 is 4.92 Å². The number of nitrogens with zero attached hydrogens (tertiary/aromatic N) is 4. The van der Waals surface area contributed by atoms with Gasteiger partial charge in [0.1, 0.15) is 6.33 Å². The van der Waals surface area contributed by atoms with Crippen LogP contribution >= 0.6 is 11.6 Å². The fraction of sp³-hybridized carbons (Fsp3) is 0.231. The van der Waals surface area contributed by atoms with E-state index in [1.54, 1.807) is 31.1 Å². The molecular weight excluding hydrogens is 294 g/mol. The molecule has 1 aromatic carbocycles. The first-order valence-electron chi connectivity index (χ1n) is 6.15. The standard InChI is InChI=1S/C13H14ClN5O2/c1-15-12-11(19(20)21)13(17-8-16-12)18(2)7-9-3-5-10(14)6-4-9/h3-6,8H,7H2,1-2H3,(H,15,16,17). The summed E-state index contributed by atoms with van der Waals surface area (Å²) in [7, 11) is 3.32. The first-order valence-corrected chi connectivity index (χ1v) is 6.53. The van der Waals surface area contributed by atoms with E-state index in [9.17, 15) is 10.1 Å². The smallest absolute Gasteiger partial charge is 0.353 e. The van der Waals surface area contributed by atoms with Crippen LogP contribution in [0.15, 0.2) is 30.6 Å². The molecule has 1 aromatic heterocycles. The lowest BCUT2D eigenvalue weighted by Gasteiger charge is -2.18. The lowest BCUT2D eigenvalue weighted by atomic mass is 10.2. The Morgan fingerprint density at radius 2 is 2.00 bits per heavy atom. The maximum absolute atomic E-state index is 11.2. The summed E-state index contributed by atoms with van der Waals surface area (Å²) in [6, 6.07) is 7.28. The summed E-state index contributed by atoms with van der Waals surface area (Å²) in [6.07, 6.45) is 1.30. The van der Waals surface area contributed by atoms with Crippen molar-refractivity contribution in [1.82, 2.24) is 9.97 Å². The first-order chi connectivity index (χ1) is 10.0. The molecule has 0 amide bonds. The van der Waals surface area contributed by atoms with E-state index in [1.165, 1.54) is 6.33 Å². The van der Waals surface area contributed by atoms with Crippen LogP contribution < -0.4 is 10.2 Å². The topological polar surface area (TPSA) is 84.2 Å². The zero-order valence-corrected chi connectivity index (χ0v) is 12.3. The Labute approximate surface area is 126 Å². The van der Waals surface area contributed by atoms with Crippen molar-refractivity contribution in [3.05, 3.63) is 51.3 Å². The average molecular weight is 308 g/mol. The van der Waals surface area contributed by atoms with Crippen molar-refractivity contribution < 1.29 is 4.92 Å². The SMILES string of the molecule is CNc1ncnc(N(C)Cc2ccc(Cl)cc2)c1[N+](=O)[O-]. The van der Waals surface area contributed by atoms with Gasteiger partial charge in [-0.2, -0.15) is 0 Å². The molecule has 0 saturated carbocycles. The van der Waals surface area contributed by atoms with Gasteiger partial charge < -0.3 is 10.2 Å². The molecule has 0 aliphatic rings. The van der Waals surface area contributed by atoms with Gasteiger partial charge in [-0.15, -0.1) is 0 Å². The Bertz CT molecular complexity index is 648. The third-order valence-electron chi connectivity index (χ3n) is 2.92. The molecule has 7 nitrogen and oxygen atoms in total. The predicted octanol–water partition coefficient (Wildman–Crippen LogP) is 2.72. The molecule has 0 bridgehead atoms. The normalized spacial score (nSPS) is 10.2. The molecule has 0 spiro atoms. The number of hydrogen-bond acceptors (Lipinski definition) is 6. The second kappa shape index (κ2) is 6.36. The molecule has 0 aliphatic carbocycles. The van der Waals surface area contributed by atoms with Crippen molar-refractivity contribution in [3.63, 3.8) is 0 Å². The van der Waals surface area contributed by atoms with E-state index >= 15 is 0 Å². The Kier molecular flexibility index (Phi) is 4.54. The lowest BCUT2D eigenvalue weighted by Crippen LogP contribution is -2.20. The molecule has 0 fully saturated rings. The van der Waals surface area contributed by atoms with Gasteiger partial charge in [-0.25, -0.2) is 9.97 Å². The minimum absolute atomic E-state index is 0.142. The van der Waals surface area contributed by atoms with Gasteiger partial charge in [0.2, 0.25) is 11.6 Å². The number of nitro groups is 1. The summed E-state index contributed by atoms with van der Waals surface area (Å²) >= 11 is 5.84. The van der Waals surface area contributed by atoms with E-state index in [-0.39, 0.29) is 17.3 Å². The molecule has 1 N–H and O–H groups in total. The van der Waals surface area contributed by atoms with Gasteiger partial charge in [-0.05, 0) is 17.7 Å². The molecule has 8 heteroatoms. The second-order valence-corrected chi connectivity index (χ2v) is 4.82. The highest BCUT2D eigenvalue weighted by Gasteiger charge is 2.24. The molecule has 2 aromatic rings. The van der Waals surface area contributed by atoms with Crippen LogP contribution in [0.4, 0.5) is 17.3 Å². The Morgan fingerprint density at radius 3 is 2.57 bits per heavy atom. The third kappa shape index (κ3) is 3.38. The minimum atomic E-state index is -0.487. The molecule has 21 heavy (non-hydrogen) atoms. The van der Waals surface area contributed by atoms with Gasteiger partial charge in [0.25, 0.3) is 0 Å². The molecule has 0 radical (unpaired) electrons. The monoisotopic (exact) mass is 307 g/mol. The molecular formula is C13H14ClN5O2. The third-order valence-corrected chi connectivity index (χ3v) is 3.17. The van der Waals surface area contributed by atoms with E-state index in [0.717, 1.165) is 5.56 Å². The van der Waals surface area contributed by atoms with E-state index in [1.807, 2.05) is 12.1 Å². The van der Waals surface area contributed by atoms with Crippen LogP contribution in [0, 0.1) is 10.1 Å². The molecule has 0 saturated heterocycles. The zero-order chi connectivity index (χ0) is 15.4.